The Morgan fingerprint density at radius 3 is 2.83 bits per heavy atom. The highest BCUT2D eigenvalue weighted by Crippen LogP contribution is 2.38. The number of nitrogens with zero attached hydrogens (tertiary/aromatic N) is 1. The minimum Gasteiger partial charge on any atom is -0.496 e. The molecule has 2 saturated heterocycles. The molecule has 4 rings (SSSR count). The number of methoxy groups -OCH3 is 1. The molecule has 0 saturated carbocycles. The average molecular weight is 349 g/mol. The zero-order valence-corrected chi connectivity index (χ0v) is 14.1. The Morgan fingerprint density at radius 1 is 1.25 bits per heavy atom. The molecular formula is C16H19N3O4S. The molecule has 3 heterocycles. The Labute approximate surface area is 140 Å². The monoisotopic (exact) mass is 349 g/mol. The predicted octanol–water partition coefficient (Wildman–Crippen LogP) is 1.22. The van der Waals surface area contributed by atoms with Crippen LogP contribution < -0.4 is 10.1 Å². The number of amides is 1. The number of aromatic nitrogens is 1. The summed E-state index contributed by atoms with van der Waals surface area (Å²) in [7, 11) is -2.21. The maximum atomic E-state index is 13.4. The van der Waals surface area contributed by atoms with Gasteiger partial charge in [-0.2, -0.15) is 4.31 Å². The number of carbonyl (C=O) groups is 1. The summed E-state index contributed by atoms with van der Waals surface area (Å²) in [5.41, 5.74) is 0.712. The molecule has 2 atom stereocenters. The van der Waals surface area contributed by atoms with Crippen LogP contribution in [-0.4, -0.2) is 49.4 Å². The fraction of sp³-hybridized carbons (Fsp3) is 0.438. The van der Waals surface area contributed by atoms with Crippen LogP contribution in [0.15, 0.2) is 29.3 Å². The molecule has 0 spiro atoms. The zero-order valence-electron chi connectivity index (χ0n) is 13.3. The minimum atomic E-state index is -3.73. The summed E-state index contributed by atoms with van der Waals surface area (Å²) in [6, 6.07) is 4.91. The molecule has 0 radical (unpaired) electrons. The highest BCUT2D eigenvalue weighted by molar-refractivity contribution is 7.89. The van der Waals surface area contributed by atoms with Crippen LogP contribution in [0.5, 0.6) is 5.75 Å². The summed E-state index contributed by atoms with van der Waals surface area (Å²) in [5, 5.41) is 3.36. The van der Waals surface area contributed by atoms with Crippen LogP contribution in [0.1, 0.15) is 19.3 Å². The summed E-state index contributed by atoms with van der Waals surface area (Å²) in [6.45, 7) is 0.369. The quantitative estimate of drug-likeness (QED) is 0.871. The second-order valence-electron chi connectivity index (χ2n) is 6.26. The Morgan fingerprint density at radius 2 is 2.04 bits per heavy atom. The van der Waals surface area contributed by atoms with E-state index in [0.29, 0.717) is 23.2 Å². The van der Waals surface area contributed by atoms with Crippen molar-refractivity contribution < 1.29 is 17.9 Å². The Bertz CT molecular complexity index is 905. The lowest BCUT2D eigenvalue weighted by atomic mass is 10.1. The lowest BCUT2D eigenvalue weighted by Crippen LogP contribution is -2.42. The van der Waals surface area contributed by atoms with Crippen LogP contribution in [0.2, 0.25) is 0 Å². The highest BCUT2D eigenvalue weighted by Gasteiger charge is 2.45. The first-order valence-electron chi connectivity index (χ1n) is 7.96. The van der Waals surface area contributed by atoms with Gasteiger partial charge in [-0.05, 0) is 25.0 Å². The highest BCUT2D eigenvalue weighted by atomic mass is 32.2. The first-order chi connectivity index (χ1) is 11.5. The SMILES string of the molecule is COc1cccc2[nH]cc(S(=O)(=O)N3C4CCC3CC(=O)NC4)c12. The van der Waals surface area contributed by atoms with Crippen molar-refractivity contribution in [1.82, 2.24) is 14.6 Å². The third kappa shape index (κ3) is 2.21. The molecular weight excluding hydrogens is 330 g/mol. The van der Waals surface area contributed by atoms with Gasteiger partial charge >= 0.3 is 0 Å². The number of benzene rings is 1. The van der Waals surface area contributed by atoms with E-state index in [0.717, 1.165) is 12.8 Å². The maximum Gasteiger partial charge on any atom is 0.245 e. The molecule has 2 fully saturated rings. The van der Waals surface area contributed by atoms with Gasteiger partial charge in [-0.3, -0.25) is 4.79 Å². The van der Waals surface area contributed by atoms with E-state index in [1.165, 1.54) is 17.6 Å². The summed E-state index contributed by atoms with van der Waals surface area (Å²) < 4.78 is 33.6. The van der Waals surface area contributed by atoms with Gasteiger partial charge in [-0.1, -0.05) is 6.07 Å². The number of sulfonamides is 1. The van der Waals surface area contributed by atoms with E-state index >= 15 is 0 Å². The lowest BCUT2D eigenvalue weighted by molar-refractivity contribution is -0.121. The zero-order chi connectivity index (χ0) is 16.9. The van der Waals surface area contributed by atoms with Crippen molar-refractivity contribution in [3.05, 3.63) is 24.4 Å². The van der Waals surface area contributed by atoms with Gasteiger partial charge in [0.1, 0.15) is 10.6 Å². The van der Waals surface area contributed by atoms with Gasteiger partial charge in [0.05, 0.1) is 18.0 Å². The number of aromatic amines is 1. The van der Waals surface area contributed by atoms with Crippen molar-refractivity contribution in [2.45, 2.75) is 36.2 Å². The normalized spacial score (nSPS) is 24.8. The van der Waals surface area contributed by atoms with Crippen molar-refractivity contribution in [2.24, 2.45) is 0 Å². The number of ether oxygens (including phenoxy) is 1. The number of fused-ring (bicyclic) bond motifs is 3. The molecule has 2 unspecified atom stereocenters. The number of carbonyl (C=O) groups excluding carboxylic acids is 1. The second kappa shape index (κ2) is 5.49. The molecule has 1 amide bonds. The Kier molecular flexibility index (Phi) is 3.54. The van der Waals surface area contributed by atoms with E-state index in [-0.39, 0.29) is 29.3 Å². The number of rotatable bonds is 3. The molecule has 2 aliphatic rings. The van der Waals surface area contributed by atoms with E-state index < -0.39 is 10.0 Å². The molecule has 2 aliphatic heterocycles. The Balaban J connectivity index is 1.85. The lowest BCUT2D eigenvalue weighted by Gasteiger charge is -2.26. The average Bonchev–Trinajstić information content (AvgIpc) is 3.12. The van der Waals surface area contributed by atoms with E-state index in [4.69, 9.17) is 4.74 Å². The van der Waals surface area contributed by atoms with Gasteiger partial charge in [-0.15, -0.1) is 0 Å². The van der Waals surface area contributed by atoms with Crippen LogP contribution in [0.25, 0.3) is 10.9 Å². The van der Waals surface area contributed by atoms with Gasteiger partial charge in [-0.25, -0.2) is 8.42 Å². The summed E-state index contributed by atoms with van der Waals surface area (Å²) in [4.78, 5) is 15.0. The van der Waals surface area contributed by atoms with Gasteiger partial charge in [0.15, 0.2) is 0 Å². The third-order valence-electron chi connectivity index (χ3n) is 4.92. The maximum absolute atomic E-state index is 13.4. The van der Waals surface area contributed by atoms with Gasteiger partial charge in [0, 0.05) is 31.2 Å². The summed E-state index contributed by atoms with van der Waals surface area (Å²) >= 11 is 0. The number of nitrogens with one attached hydrogen (secondary N) is 2. The molecule has 0 aliphatic carbocycles. The largest absolute Gasteiger partial charge is 0.496 e. The van der Waals surface area contributed by atoms with Crippen molar-refractivity contribution in [1.29, 1.82) is 0 Å². The van der Waals surface area contributed by atoms with E-state index in [9.17, 15) is 13.2 Å². The minimum absolute atomic E-state index is 0.0843. The fourth-order valence-electron chi connectivity index (χ4n) is 3.84. The fourth-order valence-corrected chi connectivity index (χ4v) is 5.89. The molecule has 8 heteroatoms. The van der Waals surface area contributed by atoms with E-state index in [2.05, 4.69) is 10.3 Å². The second-order valence-corrected chi connectivity index (χ2v) is 8.08. The number of H-pyrrole nitrogens is 1. The Hall–Kier alpha value is -2.06. The topological polar surface area (TPSA) is 91.5 Å². The third-order valence-corrected chi connectivity index (χ3v) is 6.94. The molecule has 128 valence electrons. The van der Waals surface area contributed by atoms with Crippen LogP contribution in [-0.2, 0) is 14.8 Å². The van der Waals surface area contributed by atoms with Crippen molar-refractivity contribution in [3.63, 3.8) is 0 Å². The van der Waals surface area contributed by atoms with Crippen molar-refractivity contribution in [2.75, 3.05) is 13.7 Å². The molecule has 1 aromatic heterocycles. The molecule has 2 aromatic rings. The standard InChI is InChI=1S/C16H19N3O4S/c1-23-13-4-2-3-12-16(13)14(9-17-12)24(21,22)19-10-5-6-11(19)8-18-15(20)7-10/h2-4,9-11,17H,5-8H2,1H3,(H,18,20). The van der Waals surface area contributed by atoms with Crippen molar-refractivity contribution >= 4 is 26.8 Å². The smallest absolute Gasteiger partial charge is 0.245 e. The molecule has 1 aromatic carbocycles. The van der Waals surface area contributed by atoms with Crippen LogP contribution in [0.4, 0.5) is 0 Å². The first-order valence-corrected chi connectivity index (χ1v) is 9.40. The van der Waals surface area contributed by atoms with Crippen LogP contribution >= 0.6 is 0 Å². The van der Waals surface area contributed by atoms with Gasteiger partial charge in [0.25, 0.3) is 0 Å². The van der Waals surface area contributed by atoms with E-state index in [1.54, 1.807) is 6.07 Å². The van der Waals surface area contributed by atoms with Gasteiger partial charge in [0.2, 0.25) is 15.9 Å². The molecule has 2 bridgehead atoms. The van der Waals surface area contributed by atoms with Crippen molar-refractivity contribution in [3.8, 4) is 5.75 Å². The molecule has 7 nitrogen and oxygen atoms in total. The summed E-state index contributed by atoms with van der Waals surface area (Å²) in [6.07, 6.45) is 3.22. The number of hydrogen-bond donors (Lipinski definition) is 2. The predicted molar refractivity (Wildman–Crippen MR) is 88.3 cm³/mol. The van der Waals surface area contributed by atoms with Crippen LogP contribution in [0.3, 0.4) is 0 Å². The summed E-state index contributed by atoms with van der Waals surface area (Å²) in [5.74, 6) is 0.433. The van der Waals surface area contributed by atoms with Crippen LogP contribution in [0, 0.1) is 0 Å². The first kappa shape index (κ1) is 15.5. The molecule has 2 N–H and O–H groups in total. The van der Waals surface area contributed by atoms with E-state index in [1.807, 2.05) is 12.1 Å². The number of hydrogen-bond acceptors (Lipinski definition) is 4. The molecule has 24 heavy (non-hydrogen) atoms. The van der Waals surface area contributed by atoms with Gasteiger partial charge < -0.3 is 15.0 Å².